The van der Waals surface area contributed by atoms with E-state index in [0.29, 0.717) is 29.7 Å². The molecule has 0 aromatic heterocycles. The summed E-state index contributed by atoms with van der Waals surface area (Å²) >= 11 is 11.9. The maximum atomic E-state index is 12.9. The molecule has 0 radical (unpaired) electrons. The van der Waals surface area contributed by atoms with Crippen LogP contribution >= 0.6 is 23.2 Å². The molecule has 0 saturated carbocycles. The summed E-state index contributed by atoms with van der Waals surface area (Å²) < 4.78 is 27.4. The largest absolute Gasteiger partial charge is 0.315 e. The van der Waals surface area contributed by atoms with E-state index in [0.717, 1.165) is 18.5 Å². The van der Waals surface area contributed by atoms with Gasteiger partial charge in [0.2, 0.25) is 10.0 Å². The number of rotatable bonds is 4. The average molecular weight is 399 g/mol. The van der Waals surface area contributed by atoms with Crippen LogP contribution in [0.1, 0.15) is 5.56 Å². The maximum Gasteiger partial charge on any atom is 0.243 e. The number of hydrogen-bond donors (Lipinski definition) is 1. The molecule has 1 fully saturated rings. The summed E-state index contributed by atoms with van der Waals surface area (Å²) in [5.41, 5.74) is 1.12. The van der Waals surface area contributed by atoms with Crippen LogP contribution in [0.15, 0.2) is 53.4 Å². The van der Waals surface area contributed by atoms with Gasteiger partial charge >= 0.3 is 0 Å². The Labute approximate surface area is 158 Å². The van der Waals surface area contributed by atoms with Gasteiger partial charge in [-0.05, 0) is 60.8 Å². The zero-order valence-electron chi connectivity index (χ0n) is 13.7. The van der Waals surface area contributed by atoms with E-state index >= 15 is 0 Å². The van der Waals surface area contributed by atoms with Crippen LogP contribution in [-0.2, 0) is 16.4 Å². The third-order valence-corrected chi connectivity index (χ3v) is 6.66. The first kappa shape index (κ1) is 18.7. The Kier molecular flexibility index (Phi) is 6.02. The Morgan fingerprint density at radius 2 is 1.84 bits per heavy atom. The summed E-state index contributed by atoms with van der Waals surface area (Å²) in [6.45, 7) is 2.35. The van der Waals surface area contributed by atoms with Crippen molar-refractivity contribution in [2.24, 2.45) is 5.92 Å². The van der Waals surface area contributed by atoms with Crippen LogP contribution in [0, 0.1) is 5.92 Å². The molecule has 1 N–H and O–H groups in total. The quantitative estimate of drug-likeness (QED) is 0.857. The molecule has 134 valence electrons. The molecule has 1 aliphatic heterocycles. The molecule has 25 heavy (non-hydrogen) atoms. The summed E-state index contributed by atoms with van der Waals surface area (Å²) in [7, 11) is -3.53. The Morgan fingerprint density at radius 1 is 1.08 bits per heavy atom. The summed E-state index contributed by atoms with van der Waals surface area (Å²) in [6, 6.07) is 14.0. The highest BCUT2D eigenvalue weighted by Gasteiger charge is 2.28. The lowest BCUT2D eigenvalue weighted by atomic mass is 9.99. The van der Waals surface area contributed by atoms with Crippen molar-refractivity contribution in [2.45, 2.75) is 11.3 Å². The van der Waals surface area contributed by atoms with Crippen molar-refractivity contribution in [3.05, 3.63) is 64.1 Å². The molecule has 7 heteroatoms. The molecule has 0 amide bonds. The Hall–Kier alpha value is -1.11. The van der Waals surface area contributed by atoms with Gasteiger partial charge in [0, 0.05) is 29.7 Å². The Morgan fingerprint density at radius 3 is 2.56 bits per heavy atom. The van der Waals surface area contributed by atoms with Crippen molar-refractivity contribution >= 4 is 33.2 Å². The third kappa shape index (κ3) is 4.74. The minimum atomic E-state index is -3.53. The predicted molar refractivity (Wildman–Crippen MR) is 102 cm³/mol. The van der Waals surface area contributed by atoms with Crippen molar-refractivity contribution in [1.29, 1.82) is 0 Å². The molecule has 1 heterocycles. The van der Waals surface area contributed by atoms with Crippen LogP contribution < -0.4 is 5.32 Å². The molecular weight excluding hydrogens is 379 g/mol. The minimum Gasteiger partial charge on any atom is -0.315 e. The van der Waals surface area contributed by atoms with Crippen molar-refractivity contribution in [2.75, 3.05) is 26.2 Å². The van der Waals surface area contributed by atoms with Gasteiger partial charge in [0.1, 0.15) is 0 Å². The lowest BCUT2D eigenvalue weighted by molar-refractivity contribution is 0.375. The van der Waals surface area contributed by atoms with Gasteiger partial charge in [-0.2, -0.15) is 4.31 Å². The van der Waals surface area contributed by atoms with Crippen molar-refractivity contribution in [3.63, 3.8) is 0 Å². The van der Waals surface area contributed by atoms with E-state index < -0.39 is 10.0 Å². The summed E-state index contributed by atoms with van der Waals surface area (Å²) in [6.07, 6.45) is 0.778. The first-order chi connectivity index (χ1) is 11.9. The van der Waals surface area contributed by atoms with E-state index in [1.807, 2.05) is 24.3 Å². The number of halogens is 2. The number of sulfonamides is 1. The first-order valence-corrected chi connectivity index (χ1v) is 10.4. The normalized spacial score (nSPS) is 19.5. The van der Waals surface area contributed by atoms with Gasteiger partial charge in [0.25, 0.3) is 0 Å². The fourth-order valence-corrected chi connectivity index (χ4v) is 4.92. The van der Waals surface area contributed by atoms with E-state index in [-0.39, 0.29) is 10.8 Å². The van der Waals surface area contributed by atoms with Gasteiger partial charge in [0.15, 0.2) is 0 Å². The predicted octanol–water partition coefficient (Wildman–Crippen LogP) is 3.45. The fraction of sp³-hybridized carbons (Fsp3) is 0.333. The maximum absolute atomic E-state index is 12.9. The van der Waals surface area contributed by atoms with E-state index in [2.05, 4.69) is 5.32 Å². The lowest BCUT2D eigenvalue weighted by Gasteiger charge is -2.23. The number of nitrogens with one attached hydrogen (secondary N) is 1. The zero-order valence-corrected chi connectivity index (χ0v) is 16.0. The van der Waals surface area contributed by atoms with Gasteiger partial charge in [-0.1, -0.05) is 35.3 Å². The van der Waals surface area contributed by atoms with E-state index in [4.69, 9.17) is 23.2 Å². The van der Waals surface area contributed by atoms with E-state index in [9.17, 15) is 8.42 Å². The summed E-state index contributed by atoms with van der Waals surface area (Å²) in [4.78, 5) is 0.278. The zero-order chi connectivity index (χ0) is 17.9. The highest BCUT2D eigenvalue weighted by atomic mass is 35.5. The number of benzene rings is 2. The van der Waals surface area contributed by atoms with Crippen LogP contribution in [0.5, 0.6) is 0 Å². The highest BCUT2D eigenvalue weighted by Crippen LogP contribution is 2.22. The van der Waals surface area contributed by atoms with Gasteiger partial charge in [0.05, 0.1) is 4.90 Å². The average Bonchev–Trinajstić information content (AvgIpc) is 2.81. The van der Waals surface area contributed by atoms with Crippen LogP contribution in [0.3, 0.4) is 0 Å². The molecule has 1 saturated heterocycles. The van der Waals surface area contributed by atoms with Gasteiger partial charge in [-0.15, -0.1) is 0 Å². The molecule has 4 nitrogen and oxygen atoms in total. The molecule has 2 aromatic carbocycles. The second-order valence-electron chi connectivity index (χ2n) is 6.22. The van der Waals surface area contributed by atoms with Gasteiger partial charge in [-0.25, -0.2) is 8.42 Å². The van der Waals surface area contributed by atoms with Crippen molar-refractivity contribution in [1.82, 2.24) is 9.62 Å². The van der Waals surface area contributed by atoms with Crippen molar-refractivity contribution < 1.29 is 8.42 Å². The SMILES string of the molecule is O=S(=O)(c1ccc(Cl)cc1)N1CCNCC(Cc2cccc(Cl)c2)C1. The van der Waals surface area contributed by atoms with Crippen LogP contribution in [0.2, 0.25) is 10.0 Å². The second kappa shape index (κ2) is 8.06. The van der Waals surface area contributed by atoms with Crippen molar-refractivity contribution in [3.8, 4) is 0 Å². The molecule has 0 bridgehead atoms. The first-order valence-electron chi connectivity index (χ1n) is 8.16. The standard InChI is InChI=1S/C18H20Cl2N2O2S/c19-16-4-6-18(7-5-16)25(23,24)22-9-8-21-12-15(13-22)10-14-2-1-3-17(20)11-14/h1-7,11,15,21H,8-10,12-13H2. The topological polar surface area (TPSA) is 49.4 Å². The fourth-order valence-electron chi connectivity index (χ4n) is 3.06. The molecule has 3 rings (SSSR count). The molecule has 1 aliphatic rings. The monoisotopic (exact) mass is 398 g/mol. The smallest absolute Gasteiger partial charge is 0.243 e. The molecule has 1 atom stereocenters. The molecule has 1 unspecified atom stereocenters. The Bertz CT molecular complexity index is 825. The van der Waals surface area contributed by atoms with Crippen LogP contribution in [-0.4, -0.2) is 38.9 Å². The summed E-state index contributed by atoms with van der Waals surface area (Å²) in [5.74, 6) is 0.183. The summed E-state index contributed by atoms with van der Waals surface area (Å²) in [5, 5.41) is 4.56. The van der Waals surface area contributed by atoms with E-state index in [1.54, 1.807) is 28.6 Å². The van der Waals surface area contributed by atoms with Gasteiger partial charge in [-0.3, -0.25) is 0 Å². The lowest BCUT2D eigenvalue weighted by Crippen LogP contribution is -2.36. The van der Waals surface area contributed by atoms with Crippen LogP contribution in [0.25, 0.3) is 0 Å². The van der Waals surface area contributed by atoms with Crippen LogP contribution in [0.4, 0.5) is 0 Å². The minimum absolute atomic E-state index is 0.183. The Balaban J connectivity index is 1.78. The number of hydrogen-bond acceptors (Lipinski definition) is 3. The molecule has 0 spiro atoms. The second-order valence-corrected chi connectivity index (χ2v) is 9.03. The number of nitrogens with zero attached hydrogens (tertiary/aromatic N) is 1. The molecule has 0 aliphatic carbocycles. The third-order valence-electron chi connectivity index (χ3n) is 4.30. The molecular formula is C18H20Cl2N2O2S. The van der Waals surface area contributed by atoms with Gasteiger partial charge < -0.3 is 5.32 Å². The van der Waals surface area contributed by atoms with E-state index in [1.165, 1.54) is 0 Å². The highest BCUT2D eigenvalue weighted by molar-refractivity contribution is 7.89. The molecule has 2 aromatic rings.